The molecule has 1 atom stereocenters. The number of methoxy groups -OCH3 is 1. The molecule has 32 heavy (non-hydrogen) atoms. The van der Waals surface area contributed by atoms with Crippen molar-refractivity contribution in [3.63, 3.8) is 0 Å². The Bertz CT molecular complexity index is 1020. The first-order valence-electron chi connectivity index (χ1n) is 9.87. The first kappa shape index (κ1) is 24.6. The summed E-state index contributed by atoms with van der Waals surface area (Å²) in [5, 5.41) is 16.8. The zero-order valence-electron chi connectivity index (χ0n) is 18.9. The lowest BCUT2D eigenvalue weighted by Gasteiger charge is -2.30. The monoisotopic (exact) mass is 445 g/mol. The molecule has 0 bridgehead atoms. The number of carbonyl (C=O) groups is 3. The Morgan fingerprint density at radius 2 is 1.78 bits per heavy atom. The number of nitrogens with one attached hydrogen (secondary N) is 2. The molecule has 0 radical (unpaired) electrons. The van der Waals surface area contributed by atoms with Gasteiger partial charge in [-0.15, -0.1) is 0 Å². The maximum Gasteiger partial charge on any atom is 0.336 e. The second-order valence-electron chi connectivity index (χ2n) is 8.25. The van der Waals surface area contributed by atoms with Crippen molar-refractivity contribution in [3.8, 4) is 0 Å². The van der Waals surface area contributed by atoms with Crippen LogP contribution in [0.2, 0.25) is 0 Å². The second-order valence-corrected chi connectivity index (χ2v) is 8.25. The third-order valence-electron chi connectivity index (χ3n) is 4.64. The van der Waals surface area contributed by atoms with Gasteiger partial charge in [-0.1, -0.05) is 12.1 Å². The summed E-state index contributed by atoms with van der Waals surface area (Å²) in [6, 6.07) is 5.69. The molecule has 1 aromatic rings. The summed E-state index contributed by atoms with van der Waals surface area (Å²) in [5.41, 5.74) is 0.632. The number of non-ortho nitro benzene ring substituents is 1. The van der Waals surface area contributed by atoms with Gasteiger partial charge in [0, 0.05) is 29.1 Å². The molecule has 0 fully saturated rings. The van der Waals surface area contributed by atoms with E-state index in [1.54, 1.807) is 40.7 Å². The molecule has 172 valence electrons. The predicted octanol–water partition coefficient (Wildman–Crippen LogP) is 2.46. The SMILES string of the molecule is COC(=O)C1=C(C)NC(C)=C(C(=O)NCC(=O)OC(C)(C)C)C1c1cccc([N+](=O)[O-])c1. The molecule has 0 saturated heterocycles. The summed E-state index contributed by atoms with van der Waals surface area (Å²) < 4.78 is 10.1. The van der Waals surface area contributed by atoms with Gasteiger partial charge in [-0.25, -0.2) is 4.79 Å². The molecule has 1 heterocycles. The smallest absolute Gasteiger partial charge is 0.336 e. The van der Waals surface area contributed by atoms with Crippen molar-refractivity contribution in [2.75, 3.05) is 13.7 Å². The first-order chi connectivity index (χ1) is 14.9. The lowest BCUT2D eigenvalue weighted by molar-refractivity contribution is -0.384. The number of nitrogens with zero attached hydrogens (tertiary/aromatic N) is 1. The highest BCUT2D eigenvalue weighted by Crippen LogP contribution is 2.39. The topological polar surface area (TPSA) is 137 Å². The van der Waals surface area contributed by atoms with E-state index >= 15 is 0 Å². The van der Waals surface area contributed by atoms with E-state index in [1.165, 1.54) is 25.3 Å². The van der Waals surface area contributed by atoms with Gasteiger partial charge in [0.05, 0.1) is 23.5 Å². The predicted molar refractivity (Wildman–Crippen MR) is 115 cm³/mol. The van der Waals surface area contributed by atoms with Crippen molar-refractivity contribution in [1.29, 1.82) is 0 Å². The number of hydrogen-bond acceptors (Lipinski definition) is 8. The number of carbonyl (C=O) groups excluding carboxylic acids is 3. The van der Waals surface area contributed by atoms with Crippen molar-refractivity contribution in [1.82, 2.24) is 10.6 Å². The molecule has 1 amide bonds. The van der Waals surface area contributed by atoms with Crippen LogP contribution in [0.1, 0.15) is 46.1 Å². The van der Waals surface area contributed by atoms with Crippen LogP contribution >= 0.6 is 0 Å². The maximum absolute atomic E-state index is 13.1. The minimum atomic E-state index is -0.942. The van der Waals surface area contributed by atoms with E-state index in [9.17, 15) is 24.5 Å². The van der Waals surface area contributed by atoms with Gasteiger partial charge >= 0.3 is 11.9 Å². The molecule has 0 saturated carbocycles. The zero-order valence-corrected chi connectivity index (χ0v) is 18.9. The molecule has 0 aliphatic carbocycles. The lowest BCUT2D eigenvalue weighted by Crippen LogP contribution is -2.39. The van der Waals surface area contributed by atoms with Crippen LogP contribution < -0.4 is 10.6 Å². The molecule has 1 aromatic carbocycles. The highest BCUT2D eigenvalue weighted by Gasteiger charge is 2.37. The van der Waals surface area contributed by atoms with Crippen LogP contribution in [-0.4, -0.2) is 42.0 Å². The normalized spacial score (nSPS) is 16.2. The number of esters is 2. The largest absolute Gasteiger partial charge is 0.466 e. The summed E-state index contributed by atoms with van der Waals surface area (Å²) in [6.07, 6.45) is 0. The fourth-order valence-corrected chi connectivity index (χ4v) is 3.45. The average Bonchev–Trinajstić information content (AvgIpc) is 2.69. The Morgan fingerprint density at radius 3 is 2.34 bits per heavy atom. The highest BCUT2D eigenvalue weighted by atomic mass is 16.6. The van der Waals surface area contributed by atoms with Crippen LogP contribution in [0.4, 0.5) is 5.69 Å². The van der Waals surface area contributed by atoms with Crippen LogP contribution in [0, 0.1) is 10.1 Å². The number of dihydropyridines is 1. The summed E-state index contributed by atoms with van der Waals surface area (Å²) in [6.45, 7) is 8.03. The summed E-state index contributed by atoms with van der Waals surface area (Å²) in [4.78, 5) is 48.5. The van der Waals surface area contributed by atoms with Crippen LogP contribution in [0.5, 0.6) is 0 Å². The number of amides is 1. The second kappa shape index (κ2) is 9.63. The number of benzene rings is 1. The molecule has 2 rings (SSSR count). The van der Waals surface area contributed by atoms with Gasteiger partial charge in [0.1, 0.15) is 12.1 Å². The number of rotatable bonds is 6. The fraction of sp³-hybridized carbons (Fsp3) is 0.409. The maximum atomic E-state index is 13.1. The first-order valence-corrected chi connectivity index (χ1v) is 9.87. The van der Waals surface area contributed by atoms with Gasteiger partial charge < -0.3 is 20.1 Å². The Hall–Kier alpha value is -3.69. The minimum Gasteiger partial charge on any atom is -0.466 e. The van der Waals surface area contributed by atoms with Crippen LogP contribution in [0.3, 0.4) is 0 Å². The fourth-order valence-electron chi connectivity index (χ4n) is 3.45. The lowest BCUT2D eigenvalue weighted by atomic mass is 9.80. The average molecular weight is 445 g/mol. The summed E-state index contributed by atoms with van der Waals surface area (Å²) >= 11 is 0. The molecule has 1 aliphatic heterocycles. The van der Waals surface area contributed by atoms with E-state index < -0.39 is 34.3 Å². The van der Waals surface area contributed by atoms with Crippen molar-refractivity contribution in [2.24, 2.45) is 0 Å². The number of nitro groups is 1. The van der Waals surface area contributed by atoms with Gasteiger partial charge in [-0.3, -0.25) is 19.7 Å². The number of hydrogen-bond donors (Lipinski definition) is 2. The van der Waals surface area contributed by atoms with Crippen LogP contribution in [0.25, 0.3) is 0 Å². The van der Waals surface area contributed by atoms with E-state index in [-0.39, 0.29) is 23.4 Å². The van der Waals surface area contributed by atoms with Gasteiger partial charge in [0.2, 0.25) is 5.91 Å². The molecule has 10 nitrogen and oxygen atoms in total. The summed E-state index contributed by atoms with van der Waals surface area (Å²) in [7, 11) is 1.21. The Balaban J connectivity index is 2.49. The number of ether oxygens (including phenoxy) is 2. The van der Waals surface area contributed by atoms with Gasteiger partial charge in [0.25, 0.3) is 5.69 Å². The highest BCUT2D eigenvalue weighted by molar-refractivity contribution is 6.02. The van der Waals surface area contributed by atoms with E-state index in [0.29, 0.717) is 17.0 Å². The molecule has 0 aromatic heterocycles. The number of allylic oxidation sites excluding steroid dienone is 2. The van der Waals surface area contributed by atoms with Crippen LogP contribution in [-0.2, 0) is 23.9 Å². The third kappa shape index (κ3) is 5.71. The molecule has 1 unspecified atom stereocenters. The zero-order chi connectivity index (χ0) is 24.2. The van der Waals surface area contributed by atoms with E-state index in [4.69, 9.17) is 9.47 Å². The van der Waals surface area contributed by atoms with Crippen molar-refractivity contribution in [2.45, 2.75) is 46.1 Å². The molecular weight excluding hydrogens is 418 g/mol. The third-order valence-corrected chi connectivity index (χ3v) is 4.64. The van der Waals surface area contributed by atoms with E-state index in [0.717, 1.165) is 0 Å². The molecule has 2 N–H and O–H groups in total. The quantitative estimate of drug-likeness (QED) is 0.387. The summed E-state index contributed by atoms with van der Waals surface area (Å²) in [5.74, 6) is -2.87. The standard InChI is InChI=1S/C22H27N3O7/c1-12-17(20(27)23-11-16(26)32-22(3,4)5)19(18(13(2)24-12)21(28)31-6)14-8-7-9-15(10-14)25(29)30/h7-10,19,24H,11H2,1-6H3,(H,23,27). The molecule has 10 heteroatoms. The van der Waals surface area contributed by atoms with Crippen molar-refractivity contribution < 1.29 is 28.8 Å². The van der Waals surface area contributed by atoms with Gasteiger partial charge in [-0.2, -0.15) is 0 Å². The van der Waals surface area contributed by atoms with Gasteiger partial charge in [0.15, 0.2) is 0 Å². The Kier molecular flexibility index (Phi) is 7.40. The van der Waals surface area contributed by atoms with Gasteiger partial charge in [-0.05, 0) is 40.2 Å². The van der Waals surface area contributed by atoms with E-state index in [1.807, 2.05) is 0 Å². The van der Waals surface area contributed by atoms with E-state index in [2.05, 4.69) is 10.6 Å². The Morgan fingerprint density at radius 1 is 1.16 bits per heavy atom. The number of nitro benzene ring substituents is 1. The molecule has 1 aliphatic rings. The van der Waals surface area contributed by atoms with Crippen molar-refractivity contribution >= 4 is 23.5 Å². The van der Waals surface area contributed by atoms with Crippen LogP contribution in [0.15, 0.2) is 46.8 Å². The molecule has 0 spiro atoms. The molecular formula is C22H27N3O7. The van der Waals surface area contributed by atoms with Crippen molar-refractivity contribution in [3.05, 3.63) is 62.5 Å². The Labute approximate surface area is 185 Å². The minimum absolute atomic E-state index is 0.139.